The predicted octanol–water partition coefficient (Wildman–Crippen LogP) is 4.57. The highest BCUT2D eigenvalue weighted by molar-refractivity contribution is 5.95. The molecule has 0 bridgehead atoms. The number of hydrogen-bond donors (Lipinski definition) is 0. The van der Waals surface area contributed by atoms with E-state index in [1.54, 1.807) is 39.6 Å². The van der Waals surface area contributed by atoms with Crippen LogP contribution in [0.25, 0.3) is 27.9 Å². The fourth-order valence-corrected chi connectivity index (χ4v) is 4.83. The van der Waals surface area contributed by atoms with Gasteiger partial charge in [-0.2, -0.15) is 0 Å². The van der Waals surface area contributed by atoms with Gasteiger partial charge in [0.05, 0.1) is 16.6 Å². The van der Waals surface area contributed by atoms with Gasteiger partial charge in [0.25, 0.3) is 5.91 Å². The zero-order valence-corrected chi connectivity index (χ0v) is 19.5. The second kappa shape index (κ2) is 8.67. The van der Waals surface area contributed by atoms with E-state index in [2.05, 4.69) is 10.2 Å². The topological polar surface area (TPSA) is 66.6 Å². The van der Waals surface area contributed by atoms with Crippen LogP contribution in [0.5, 0.6) is 0 Å². The average molecular weight is 485 g/mol. The number of carbonyl (C=O) groups excluding carboxylic acids is 1. The lowest BCUT2D eigenvalue weighted by molar-refractivity contribution is 0.0668. The Morgan fingerprint density at radius 2 is 1.61 bits per heavy atom. The Bertz CT molecular complexity index is 1620. The van der Waals surface area contributed by atoms with E-state index < -0.39 is 11.6 Å². The number of benzene rings is 3. The van der Waals surface area contributed by atoms with Crippen LogP contribution in [0.3, 0.4) is 0 Å². The summed E-state index contributed by atoms with van der Waals surface area (Å²) in [6.45, 7) is 3.21. The summed E-state index contributed by atoms with van der Waals surface area (Å²) in [5.74, 6) is -0.354. The third-order valence-electron chi connectivity index (χ3n) is 6.62. The van der Waals surface area contributed by atoms with Gasteiger partial charge in [0, 0.05) is 31.1 Å². The first-order valence-electron chi connectivity index (χ1n) is 11.7. The lowest BCUT2D eigenvalue weighted by atomic mass is 10.1. The third-order valence-corrected chi connectivity index (χ3v) is 6.62. The van der Waals surface area contributed by atoms with Crippen LogP contribution in [-0.4, -0.2) is 56.1 Å². The van der Waals surface area contributed by atoms with Crippen molar-refractivity contribution in [3.05, 3.63) is 90.0 Å². The largest absolute Gasteiger partial charge is 0.338 e. The summed E-state index contributed by atoms with van der Waals surface area (Å²) >= 11 is 0. The average Bonchev–Trinajstić information content (AvgIpc) is 3.34. The smallest absolute Gasteiger partial charge is 0.257 e. The summed E-state index contributed by atoms with van der Waals surface area (Å²) in [6, 6.07) is 19.8. The first kappa shape index (κ1) is 22.1. The van der Waals surface area contributed by atoms with Crippen LogP contribution in [0.15, 0.2) is 72.8 Å². The molecule has 1 amide bonds. The van der Waals surface area contributed by atoms with E-state index in [0.29, 0.717) is 42.6 Å². The number of carbonyl (C=O) groups is 1. The number of rotatable bonds is 3. The van der Waals surface area contributed by atoms with Gasteiger partial charge in [0.1, 0.15) is 11.6 Å². The first-order valence-corrected chi connectivity index (χ1v) is 11.7. The summed E-state index contributed by atoms with van der Waals surface area (Å²) in [4.78, 5) is 21.7. The van der Waals surface area contributed by atoms with E-state index in [-0.39, 0.29) is 17.5 Å². The van der Waals surface area contributed by atoms with Crippen LogP contribution < -0.4 is 4.90 Å². The minimum absolute atomic E-state index is 0.0599. The van der Waals surface area contributed by atoms with E-state index in [0.717, 1.165) is 10.9 Å². The zero-order valence-electron chi connectivity index (χ0n) is 19.5. The molecule has 5 aromatic rings. The van der Waals surface area contributed by atoms with Crippen LogP contribution in [0.4, 0.5) is 14.7 Å². The Balaban J connectivity index is 1.43. The maximum atomic E-state index is 14.8. The molecule has 2 aromatic heterocycles. The van der Waals surface area contributed by atoms with Crippen molar-refractivity contribution in [2.75, 3.05) is 24.5 Å². The molecule has 1 aliphatic heterocycles. The number of para-hydroxylation sites is 1. The van der Waals surface area contributed by atoms with Crippen molar-refractivity contribution in [2.24, 2.45) is 0 Å². The molecule has 1 saturated heterocycles. The van der Waals surface area contributed by atoms with Gasteiger partial charge in [-0.05, 0) is 43.3 Å². The van der Waals surface area contributed by atoms with Gasteiger partial charge in [0.2, 0.25) is 5.95 Å². The monoisotopic (exact) mass is 484 g/mol. The molecule has 1 fully saturated rings. The van der Waals surface area contributed by atoms with Crippen molar-refractivity contribution in [1.29, 1.82) is 0 Å². The SMILES string of the molecule is CC1CN(c2nc3ccccc3c3nnc(-c4ccccc4F)n23)CCN1C(=O)c1ccccc1F. The van der Waals surface area contributed by atoms with E-state index in [4.69, 9.17) is 4.98 Å². The number of nitrogens with zero attached hydrogens (tertiary/aromatic N) is 6. The molecular formula is C27H22F2N6O. The maximum absolute atomic E-state index is 14.8. The van der Waals surface area contributed by atoms with Gasteiger partial charge >= 0.3 is 0 Å². The van der Waals surface area contributed by atoms with Gasteiger partial charge in [-0.1, -0.05) is 36.4 Å². The Labute approximate surface area is 205 Å². The maximum Gasteiger partial charge on any atom is 0.257 e. The molecule has 36 heavy (non-hydrogen) atoms. The van der Waals surface area contributed by atoms with Crippen LogP contribution in [0, 0.1) is 11.6 Å². The molecule has 1 unspecified atom stereocenters. The summed E-state index contributed by atoms with van der Waals surface area (Å²) in [7, 11) is 0. The summed E-state index contributed by atoms with van der Waals surface area (Å²) in [6.07, 6.45) is 0. The fraction of sp³-hybridized carbons (Fsp3) is 0.185. The molecule has 0 N–H and O–H groups in total. The minimum atomic E-state index is -0.533. The minimum Gasteiger partial charge on any atom is -0.338 e. The molecule has 1 atom stereocenters. The molecule has 3 aromatic carbocycles. The molecule has 180 valence electrons. The van der Waals surface area contributed by atoms with Crippen LogP contribution in [0.1, 0.15) is 17.3 Å². The number of amides is 1. The van der Waals surface area contributed by atoms with Crippen LogP contribution in [-0.2, 0) is 0 Å². The second-order valence-corrected chi connectivity index (χ2v) is 8.86. The predicted molar refractivity (Wildman–Crippen MR) is 133 cm³/mol. The molecular weight excluding hydrogens is 462 g/mol. The molecule has 0 spiro atoms. The van der Waals surface area contributed by atoms with E-state index in [1.807, 2.05) is 36.1 Å². The van der Waals surface area contributed by atoms with Gasteiger partial charge in [0.15, 0.2) is 11.5 Å². The molecule has 3 heterocycles. The molecule has 9 heteroatoms. The standard InChI is InChI=1S/C27H22F2N6O/c1-17-16-33(14-15-34(17)26(36)19-9-3-6-12-22(19)29)27-30-23-13-7-4-10-20(23)25-32-31-24(35(25)27)18-8-2-5-11-21(18)28/h2-13,17H,14-16H2,1H3. The van der Waals surface area contributed by atoms with Crippen molar-refractivity contribution in [1.82, 2.24) is 24.5 Å². The van der Waals surface area contributed by atoms with Crippen molar-refractivity contribution >= 4 is 28.4 Å². The molecule has 0 radical (unpaired) electrons. The lowest BCUT2D eigenvalue weighted by Crippen LogP contribution is -2.54. The highest BCUT2D eigenvalue weighted by atomic mass is 19.1. The number of fused-ring (bicyclic) bond motifs is 3. The first-order chi connectivity index (χ1) is 17.5. The molecule has 0 saturated carbocycles. The highest BCUT2D eigenvalue weighted by Crippen LogP contribution is 2.30. The quantitative estimate of drug-likeness (QED) is 0.375. The summed E-state index contributed by atoms with van der Waals surface area (Å²) in [5, 5.41) is 9.55. The second-order valence-electron chi connectivity index (χ2n) is 8.86. The number of hydrogen-bond acceptors (Lipinski definition) is 5. The molecule has 0 aliphatic carbocycles. The van der Waals surface area contributed by atoms with Gasteiger partial charge in [-0.25, -0.2) is 18.2 Å². The van der Waals surface area contributed by atoms with Crippen molar-refractivity contribution in [3.63, 3.8) is 0 Å². The van der Waals surface area contributed by atoms with Crippen molar-refractivity contribution in [3.8, 4) is 11.4 Å². The Hall–Kier alpha value is -4.40. The highest BCUT2D eigenvalue weighted by Gasteiger charge is 2.32. The van der Waals surface area contributed by atoms with Crippen molar-refractivity contribution < 1.29 is 13.6 Å². The Morgan fingerprint density at radius 3 is 2.39 bits per heavy atom. The summed E-state index contributed by atoms with van der Waals surface area (Å²) in [5.41, 5.74) is 1.70. The van der Waals surface area contributed by atoms with Crippen LogP contribution in [0.2, 0.25) is 0 Å². The molecule has 1 aliphatic rings. The molecule has 7 nitrogen and oxygen atoms in total. The fourth-order valence-electron chi connectivity index (χ4n) is 4.83. The Kier molecular flexibility index (Phi) is 5.32. The third kappa shape index (κ3) is 3.55. The Morgan fingerprint density at radius 1 is 0.889 bits per heavy atom. The van der Waals surface area contributed by atoms with E-state index in [9.17, 15) is 13.6 Å². The van der Waals surface area contributed by atoms with Crippen molar-refractivity contribution in [2.45, 2.75) is 13.0 Å². The summed E-state index contributed by atoms with van der Waals surface area (Å²) < 4.78 is 30.8. The van der Waals surface area contributed by atoms with Gasteiger partial charge < -0.3 is 9.80 Å². The normalized spacial score (nSPS) is 16.1. The van der Waals surface area contributed by atoms with Gasteiger partial charge in [-0.3, -0.25) is 4.79 Å². The number of piperazine rings is 1. The lowest BCUT2D eigenvalue weighted by Gasteiger charge is -2.40. The number of aromatic nitrogens is 4. The molecule has 6 rings (SSSR count). The van der Waals surface area contributed by atoms with Crippen LogP contribution >= 0.6 is 0 Å². The zero-order chi connectivity index (χ0) is 24.8. The van der Waals surface area contributed by atoms with E-state index >= 15 is 0 Å². The number of halogens is 2. The number of anilines is 1. The van der Waals surface area contributed by atoms with Gasteiger partial charge in [-0.15, -0.1) is 10.2 Å². The van der Waals surface area contributed by atoms with E-state index in [1.165, 1.54) is 18.2 Å².